The number of hydrogen-bond acceptors (Lipinski definition) is 5. The molecule has 0 spiro atoms. The van der Waals surface area contributed by atoms with Gasteiger partial charge >= 0.3 is 5.97 Å². The molecular weight excluding hydrogens is 292 g/mol. The highest BCUT2D eigenvalue weighted by Gasteiger charge is 2.19. The Kier molecular flexibility index (Phi) is 6.50. The molecule has 0 aliphatic carbocycles. The summed E-state index contributed by atoms with van der Waals surface area (Å²) in [5.74, 6) is -3.27. The highest BCUT2D eigenvalue weighted by Crippen LogP contribution is 2.21. The third-order valence-electron chi connectivity index (χ3n) is 2.24. The molecule has 20 heavy (non-hydrogen) atoms. The van der Waals surface area contributed by atoms with Gasteiger partial charge in [-0.25, -0.2) is 0 Å². The van der Waals surface area contributed by atoms with Crippen molar-refractivity contribution in [2.45, 2.75) is 18.4 Å². The first kappa shape index (κ1) is 16.5. The second-order valence-electron chi connectivity index (χ2n) is 3.80. The Hall–Kier alpha value is -1.57. The van der Waals surface area contributed by atoms with E-state index in [0.29, 0.717) is 11.8 Å². The fourth-order valence-corrected chi connectivity index (χ4v) is 1.82. The zero-order valence-electron chi connectivity index (χ0n) is 11.1. The number of carbonyl (C=O) groups excluding carboxylic acids is 2. The van der Waals surface area contributed by atoms with E-state index in [9.17, 15) is 18.4 Å². The van der Waals surface area contributed by atoms with Crippen LogP contribution in [0.25, 0.3) is 0 Å². The lowest BCUT2D eigenvalue weighted by atomic mass is 10.4. The number of rotatable bonds is 7. The van der Waals surface area contributed by atoms with Crippen LogP contribution < -0.4 is 0 Å². The van der Waals surface area contributed by atoms with Gasteiger partial charge in [-0.1, -0.05) is 11.8 Å². The van der Waals surface area contributed by atoms with Crippen molar-refractivity contribution < 1.29 is 27.5 Å². The van der Waals surface area contributed by atoms with Crippen molar-refractivity contribution in [3.05, 3.63) is 23.7 Å². The highest BCUT2D eigenvalue weighted by molar-refractivity contribution is 7.98. The van der Waals surface area contributed by atoms with E-state index < -0.39 is 17.6 Å². The standard InChI is InChI=1S/C12H15F2NO4S/c1-3-18-10(16)6-15(2)11(17)9-5-4-8(19-9)7-20-12(13)14/h4-5,12H,3,6-7H2,1-2H3. The molecule has 0 saturated heterocycles. The number of furan rings is 1. The van der Waals surface area contributed by atoms with Crippen LogP contribution in [0, 0.1) is 0 Å². The summed E-state index contributed by atoms with van der Waals surface area (Å²) in [6.07, 6.45) is 0. The first-order chi connectivity index (χ1) is 9.43. The van der Waals surface area contributed by atoms with Gasteiger partial charge in [0.2, 0.25) is 0 Å². The van der Waals surface area contributed by atoms with Gasteiger partial charge in [-0.2, -0.15) is 8.78 Å². The lowest BCUT2D eigenvalue weighted by Crippen LogP contribution is -2.32. The molecule has 0 N–H and O–H groups in total. The third-order valence-corrected chi connectivity index (χ3v) is 2.95. The summed E-state index contributed by atoms with van der Waals surface area (Å²) < 4.78 is 33.9. The number of nitrogens with zero attached hydrogens (tertiary/aromatic N) is 1. The van der Waals surface area contributed by atoms with Gasteiger partial charge in [0.05, 0.1) is 12.4 Å². The number of carbonyl (C=O) groups is 2. The van der Waals surface area contributed by atoms with Crippen molar-refractivity contribution in [2.24, 2.45) is 0 Å². The molecule has 8 heteroatoms. The smallest absolute Gasteiger partial charge is 0.325 e. The normalized spacial score (nSPS) is 10.7. The van der Waals surface area contributed by atoms with Gasteiger partial charge in [-0.15, -0.1) is 0 Å². The van der Waals surface area contributed by atoms with Crippen LogP contribution >= 0.6 is 11.8 Å². The molecule has 1 rings (SSSR count). The van der Waals surface area contributed by atoms with E-state index in [0.717, 1.165) is 4.90 Å². The summed E-state index contributed by atoms with van der Waals surface area (Å²) in [6, 6.07) is 2.85. The van der Waals surface area contributed by atoms with Crippen molar-refractivity contribution >= 4 is 23.6 Å². The van der Waals surface area contributed by atoms with E-state index >= 15 is 0 Å². The predicted molar refractivity (Wildman–Crippen MR) is 69.6 cm³/mol. The van der Waals surface area contributed by atoms with Crippen molar-refractivity contribution in [1.29, 1.82) is 0 Å². The number of alkyl halides is 2. The largest absolute Gasteiger partial charge is 0.465 e. The Morgan fingerprint density at radius 1 is 1.45 bits per heavy atom. The van der Waals surface area contributed by atoms with Crippen molar-refractivity contribution in [3.63, 3.8) is 0 Å². The summed E-state index contributed by atoms with van der Waals surface area (Å²) in [6.45, 7) is 1.70. The van der Waals surface area contributed by atoms with Gasteiger partial charge in [-0.05, 0) is 19.1 Å². The Morgan fingerprint density at radius 2 is 2.15 bits per heavy atom. The van der Waals surface area contributed by atoms with Crippen LogP contribution in [-0.2, 0) is 15.3 Å². The number of ether oxygens (including phenoxy) is 1. The minimum atomic E-state index is -2.49. The lowest BCUT2D eigenvalue weighted by Gasteiger charge is -2.14. The highest BCUT2D eigenvalue weighted by atomic mass is 32.2. The molecule has 1 aromatic heterocycles. The number of likely N-dealkylation sites (N-methyl/N-ethyl adjacent to an activating group) is 1. The van der Waals surface area contributed by atoms with Crippen LogP contribution in [0.2, 0.25) is 0 Å². The van der Waals surface area contributed by atoms with Crippen LogP contribution in [0.15, 0.2) is 16.5 Å². The second kappa shape index (κ2) is 7.88. The van der Waals surface area contributed by atoms with Crippen LogP contribution in [0.4, 0.5) is 8.78 Å². The first-order valence-corrected chi connectivity index (χ1v) is 6.88. The first-order valence-electron chi connectivity index (χ1n) is 5.83. The summed E-state index contributed by atoms with van der Waals surface area (Å²) in [5, 5.41) is 0. The van der Waals surface area contributed by atoms with Crippen molar-refractivity contribution in [2.75, 3.05) is 20.2 Å². The fraction of sp³-hybridized carbons (Fsp3) is 0.500. The maximum atomic E-state index is 12.0. The zero-order chi connectivity index (χ0) is 15.1. The van der Waals surface area contributed by atoms with E-state index in [1.54, 1.807) is 6.92 Å². The molecule has 0 aromatic carbocycles. The average molecular weight is 307 g/mol. The van der Waals surface area contributed by atoms with Crippen molar-refractivity contribution in [3.8, 4) is 0 Å². The Morgan fingerprint density at radius 3 is 2.75 bits per heavy atom. The lowest BCUT2D eigenvalue weighted by molar-refractivity contribution is -0.143. The van der Waals surface area contributed by atoms with Crippen LogP contribution in [0.1, 0.15) is 23.2 Å². The molecule has 0 saturated carbocycles. The van der Waals surface area contributed by atoms with E-state index in [4.69, 9.17) is 9.15 Å². The molecule has 1 aromatic rings. The molecule has 0 fully saturated rings. The molecular formula is C12H15F2NO4S. The topological polar surface area (TPSA) is 59.8 Å². The van der Waals surface area contributed by atoms with Gasteiger partial charge in [-0.3, -0.25) is 9.59 Å². The zero-order valence-corrected chi connectivity index (χ0v) is 11.9. The molecule has 0 radical (unpaired) electrons. The van der Waals surface area contributed by atoms with E-state index in [2.05, 4.69) is 0 Å². The van der Waals surface area contributed by atoms with Crippen LogP contribution in [0.5, 0.6) is 0 Å². The van der Waals surface area contributed by atoms with Crippen LogP contribution in [-0.4, -0.2) is 42.7 Å². The van der Waals surface area contributed by atoms with E-state index in [1.807, 2.05) is 0 Å². The Balaban J connectivity index is 2.56. The molecule has 0 bridgehead atoms. The second-order valence-corrected chi connectivity index (χ2v) is 4.78. The molecule has 0 atom stereocenters. The maximum absolute atomic E-state index is 12.0. The van der Waals surface area contributed by atoms with Gasteiger partial charge < -0.3 is 14.1 Å². The quantitative estimate of drug-likeness (QED) is 0.724. The summed E-state index contributed by atoms with van der Waals surface area (Å²) in [5.41, 5.74) is 0. The minimum absolute atomic E-state index is 0.00154. The molecule has 0 unspecified atom stereocenters. The molecule has 0 aliphatic heterocycles. The molecule has 0 aliphatic rings. The summed E-state index contributed by atoms with van der Waals surface area (Å²) in [7, 11) is 1.43. The van der Waals surface area contributed by atoms with Crippen molar-refractivity contribution in [1.82, 2.24) is 4.90 Å². The minimum Gasteiger partial charge on any atom is -0.465 e. The third kappa shape index (κ3) is 5.20. The molecule has 1 heterocycles. The number of amides is 1. The van der Waals surface area contributed by atoms with Crippen LogP contribution in [0.3, 0.4) is 0 Å². The van der Waals surface area contributed by atoms with Gasteiger partial charge in [0.15, 0.2) is 5.76 Å². The van der Waals surface area contributed by atoms with Gasteiger partial charge in [0.1, 0.15) is 12.3 Å². The SMILES string of the molecule is CCOC(=O)CN(C)C(=O)c1ccc(CSC(F)F)o1. The summed E-state index contributed by atoms with van der Waals surface area (Å²) in [4.78, 5) is 24.3. The number of halogens is 2. The Bertz CT molecular complexity index is 464. The molecule has 1 amide bonds. The van der Waals surface area contributed by atoms with Gasteiger partial charge in [0.25, 0.3) is 11.7 Å². The average Bonchev–Trinajstić information content (AvgIpc) is 2.84. The Labute approximate surface area is 119 Å². The number of esters is 1. The van der Waals surface area contributed by atoms with E-state index in [-0.39, 0.29) is 30.4 Å². The van der Waals surface area contributed by atoms with Gasteiger partial charge in [0, 0.05) is 7.05 Å². The molecule has 5 nitrogen and oxygen atoms in total. The summed E-state index contributed by atoms with van der Waals surface area (Å²) >= 11 is 0.409. The fourth-order valence-electron chi connectivity index (χ4n) is 1.38. The predicted octanol–water partition coefficient (Wildman–Crippen LogP) is 2.37. The van der Waals surface area contributed by atoms with E-state index in [1.165, 1.54) is 19.2 Å². The maximum Gasteiger partial charge on any atom is 0.325 e. The number of hydrogen-bond donors (Lipinski definition) is 0. The number of thioether (sulfide) groups is 1. The molecule has 112 valence electrons. The monoisotopic (exact) mass is 307 g/mol.